The van der Waals surface area contributed by atoms with E-state index in [0.717, 1.165) is 17.7 Å². The van der Waals surface area contributed by atoms with Crippen LogP contribution in [0.2, 0.25) is 0 Å². The Morgan fingerprint density at radius 1 is 1.00 bits per heavy atom. The second kappa shape index (κ2) is 5.79. The predicted molar refractivity (Wildman–Crippen MR) is 86.9 cm³/mol. The molecule has 0 bridgehead atoms. The lowest BCUT2D eigenvalue weighted by Crippen LogP contribution is -2.22. The molecular weight excluding hydrogens is 332 g/mol. The molecule has 0 fully saturated rings. The fourth-order valence-corrected chi connectivity index (χ4v) is 3.39. The van der Waals surface area contributed by atoms with Crippen LogP contribution in [0.3, 0.4) is 0 Å². The molecule has 4 rings (SSSR count). The van der Waals surface area contributed by atoms with Crippen LogP contribution < -0.4 is 0 Å². The molecule has 0 aliphatic carbocycles. The van der Waals surface area contributed by atoms with Gasteiger partial charge in [-0.15, -0.1) is 10.2 Å². The van der Waals surface area contributed by atoms with Crippen molar-refractivity contribution < 1.29 is 8.78 Å². The second-order valence-corrected chi connectivity index (χ2v) is 6.54. The van der Waals surface area contributed by atoms with Gasteiger partial charge in [0.05, 0.1) is 11.0 Å². The SMILES string of the molecule is CC1Sc2nnc(-c3ccncc3)n2N=C1c1ccc(F)c(F)c1. The summed E-state index contributed by atoms with van der Waals surface area (Å²) in [7, 11) is 0. The van der Waals surface area contributed by atoms with Gasteiger partial charge in [0.1, 0.15) is 0 Å². The number of pyridine rings is 1. The molecule has 120 valence electrons. The number of fused-ring (bicyclic) bond motifs is 1. The third-order valence-corrected chi connectivity index (χ3v) is 4.68. The van der Waals surface area contributed by atoms with Crippen LogP contribution >= 0.6 is 11.8 Å². The Morgan fingerprint density at radius 3 is 2.54 bits per heavy atom. The Labute approximate surface area is 140 Å². The van der Waals surface area contributed by atoms with E-state index in [1.165, 1.54) is 17.8 Å². The summed E-state index contributed by atoms with van der Waals surface area (Å²) in [6, 6.07) is 7.41. The third kappa shape index (κ3) is 2.48. The van der Waals surface area contributed by atoms with Crippen LogP contribution in [-0.2, 0) is 0 Å². The number of hydrogen-bond donors (Lipinski definition) is 0. The summed E-state index contributed by atoms with van der Waals surface area (Å²) < 4.78 is 28.4. The van der Waals surface area contributed by atoms with Crippen molar-refractivity contribution in [2.45, 2.75) is 17.3 Å². The van der Waals surface area contributed by atoms with Gasteiger partial charge in [-0.1, -0.05) is 11.8 Å². The van der Waals surface area contributed by atoms with Crippen molar-refractivity contribution in [3.05, 3.63) is 59.9 Å². The van der Waals surface area contributed by atoms with Crippen LogP contribution in [0.15, 0.2) is 53.0 Å². The summed E-state index contributed by atoms with van der Waals surface area (Å²) in [5.41, 5.74) is 2.00. The highest BCUT2D eigenvalue weighted by Crippen LogP contribution is 2.32. The Bertz CT molecular complexity index is 939. The van der Waals surface area contributed by atoms with Crippen LogP contribution in [0.4, 0.5) is 8.78 Å². The first-order valence-corrected chi connectivity index (χ1v) is 8.08. The zero-order chi connectivity index (χ0) is 16.7. The lowest BCUT2D eigenvalue weighted by molar-refractivity contribution is 0.508. The molecule has 3 aromatic rings. The predicted octanol–water partition coefficient (Wildman–Crippen LogP) is 3.36. The number of aromatic nitrogens is 4. The maximum Gasteiger partial charge on any atom is 0.213 e. The number of rotatable bonds is 2. The molecule has 1 aliphatic heterocycles. The Hall–Kier alpha value is -2.61. The number of halogens is 2. The van der Waals surface area contributed by atoms with Gasteiger partial charge < -0.3 is 0 Å². The van der Waals surface area contributed by atoms with Gasteiger partial charge >= 0.3 is 0 Å². The van der Waals surface area contributed by atoms with E-state index in [2.05, 4.69) is 20.3 Å². The van der Waals surface area contributed by atoms with Gasteiger partial charge in [-0.2, -0.15) is 9.78 Å². The molecule has 0 radical (unpaired) electrons. The van der Waals surface area contributed by atoms with E-state index in [1.54, 1.807) is 17.1 Å². The smallest absolute Gasteiger partial charge is 0.213 e. The fourth-order valence-electron chi connectivity index (χ4n) is 2.46. The fraction of sp³-hybridized carbons (Fsp3) is 0.125. The first-order valence-electron chi connectivity index (χ1n) is 7.20. The minimum Gasteiger partial charge on any atom is -0.265 e. The summed E-state index contributed by atoms with van der Waals surface area (Å²) in [6.07, 6.45) is 3.32. The molecule has 1 unspecified atom stereocenters. The minimum atomic E-state index is -0.892. The van der Waals surface area contributed by atoms with E-state index < -0.39 is 11.6 Å². The number of thioether (sulfide) groups is 1. The molecule has 0 N–H and O–H groups in total. The molecule has 8 heteroatoms. The molecule has 2 aromatic heterocycles. The van der Waals surface area contributed by atoms with Crippen molar-refractivity contribution in [3.63, 3.8) is 0 Å². The highest BCUT2D eigenvalue weighted by Gasteiger charge is 2.26. The van der Waals surface area contributed by atoms with Gasteiger partial charge in [-0.25, -0.2) is 8.78 Å². The number of nitrogens with zero attached hydrogens (tertiary/aromatic N) is 5. The average Bonchev–Trinajstić information content (AvgIpc) is 3.00. The monoisotopic (exact) mass is 343 g/mol. The van der Waals surface area contributed by atoms with Gasteiger partial charge in [0.15, 0.2) is 17.5 Å². The molecule has 0 saturated heterocycles. The second-order valence-electron chi connectivity index (χ2n) is 5.23. The lowest BCUT2D eigenvalue weighted by Gasteiger charge is -2.20. The van der Waals surface area contributed by atoms with Gasteiger partial charge in [0, 0.05) is 23.5 Å². The molecule has 5 nitrogen and oxygen atoms in total. The van der Waals surface area contributed by atoms with Gasteiger partial charge in [0.25, 0.3) is 0 Å². The molecule has 3 heterocycles. The maximum atomic E-state index is 13.6. The molecule has 0 amide bonds. The van der Waals surface area contributed by atoms with E-state index in [0.29, 0.717) is 22.3 Å². The van der Waals surface area contributed by atoms with E-state index in [4.69, 9.17) is 0 Å². The third-order valence-electron chi connectivity index (χ3n) is 3.64. The molecule has 1 aliphatic rings. The van der Waals surface area contributed by atoms with Crippen molar-refractivity contribution >= 4 is 17.5 Å². The summed E-state index contributed by atoms with van der Waals surface area (Å²) in [5, 5.41) is 13.5. The Kier molecular flexibility index (Phi) is 3.61. The molecule has 0 saturated carbocycles. The van der Waals surface area contributed by atoms with Gasteiger partial charge in [-0.05, 0) is 37.3 Å². The Balaban J connectivity index is 1.84. The quantitative estimate of drug-likeness (QED) is 0.716. The van der Waals surface area contributed by atoms with Crippen molar-refractivity contribution in [3.8, 4) is 11.4 Å². The van der Waals surface area contributed by atoms with E-state index in [1.807, 2.05) is 19.1 Å². The summed E-state index contributed by atoms with van der Waals surface area (Å²) in [4.78, 5) is 3.98. The lowest BCUT2D eigenvalue weighted by atomic mass is 10.1. The number of benzene rings is 1. The molecule has 0 spiro atoms. The van der Waals surface area contributed by atoms with Crippen LogP contribution in [0.1, 0.15) is 12.5 Å². The average molecular weight is 343 g/mol. The van der Waals surface area contributed by atoms with Crippen molar-refractivity contribution in [1.29, 1.82) is 0 Å². The highest BCUT2D eigenvalue weighted by atomic mass is 32.2. The molecule has 24 heavy (non-hydrogen) atoms. The van der Waals surface area contributed by atoms with Gasteiger partial charge in [0.2, 0.25) is 5.16 Å². The zero-order valence-corrected chi connectivity index (χ0v) is 13.3. The van der Waals surface area contributed by atoms with Crippen LogP contribution in [0, 0.1) is 11.6 Å². The van der Waals surface area contributed by atoms with Crippen LogP contribution in [-0.4, -0.2) is 30.8 Å². The first kappa shape index (κ1) is 14.9. The molecule has 1 atom stereocenters. The number of hydrogen-bond acceptors (Lipinski definition) is 5. The summed E-state index contributed by atoms with van der Waals surface area (Å²) in [5.74, 6) is -1.19. The van der Waals surface area contributed by atoms with Gasteiger partial charge in [-0.3, -0.25) is 4.98 Å². The molecule has 1 aromatic carbocycles. The van der Waals surface area contributed by atoms with Crippen molar-refractivity contribution in [1.82, 2.24) is 19.9 Å². The van der Waals surface area contributed by atoms with Crippen LogP contribution in [0.25, 0.3) is 11.4 Å². The summed E-state index contributed by atoms with van der Waals surface area (Å²) in [6.45, 7) is 1.94. The van der Waals surface area contributed by atoms with Crippen LogP contribution in [0.5, 0.6) is 0 Å². The van der Waals surface area contributed by atoms with E-state index >= 15 is 0 Å². The van der Waals surface area contributed by atoms with E-state index in [-0.39, 0.29) is 5.25 Å². The topological polar surface area (TPSA) is 56.0 Å². The molecular formula is C16H11F2N5S. The zero-order valence-electron chi connectivity index (χ0n) is 12.5. The van der Waals surface area contributed by atoms with Crippen molar-refractivity contribution in [2.24, 2.45) is 5.10 Å². The van der Waals surface area contributed by atoms with Crippen molar-refractivity contribution in [2.75, 3.05) is 0 Å². The maximum absolute atomic E-state index is 13.6. The first-order chi connectivity index (χ1) is 11.6. The van der Waals surface area contributed by atoms with E-state index in [9.17, 15) is 8.78 Å². The minimum absolute atomic E-state index is 0.0585. The standard InChI is InChI=1S/C16H11F2N5S/c1-9-14(11-2-3-12(17)13(18)8-11)22-23-15(20-21-16(23)24-9)10-4-6-19-7-5-10/h2-9H,1H3. The normalized spacial score (nSPS) is 16.6. The Morgan fingerprint density at radius 2 is 1.79 bits per heavy atom. The summed E-state index contributed by atoms with van der Waals surface area (Å²) >= 11 is 1.47. The largest absolute Gasteiger partial charge is 0.265 e. The highest BCUT2D eigenvalue weighted by molar-refractivity contribution is 8.00.